The number of halogens is 1. The molecule has 100 valence electrons. The Morgan fingerprint density at radius 2 is 1.63 bits per heavy atom. The SMILES string of the molecule is CNc1ccc(S(=O)(=O)Nc2ccccc2F)cc1. The normalized spacial score (nSPS) is 11.1. The minimum atomic E-state index is -3.78. The number of anilines is 2. The number of benzene rings is 2. The summed E-state index contributed by atoms with van der Waals surface area (Å²) in [5.74, 6) is -0.613. The van der Waals surface area contributed by atoms with E-state index < -0.39 is 15.8 Å². The van der Waals surface area contributed by atoms with Gasteiger partial charge in [-0.2, -0.15) is 0 Å². The van der Waals surface area contributed by atoms with Gasteiger partial charge in [-0.05, 0) is 36.4 Å². The first-order chi connectivity index (χ1) is 9.03. The van der Waals surface area contributed by atoms with Crippen LogP contribution in [-0.2, 0) is 10.0 Å². The molecule has 0 radical (unpaired) electrons. The van der Waals surface area contributed by atoms with Crippen molar-refractivity contribution in [3.63, 3.8) is 0 Å². The largest absolute Gasteiger partial charge is 0.388 e. The zero-order chi connectivity index (χ0) is 13.9. The zero-order valence-electron chi connectivity index (χ0n) is 10.2. The fourth-order valence-corrected chi connectivity index (χ4v) is 2.62. The van der Waals surface area contributed by atoms with Gasteiger partial charge in [0.05, 0.1) is 10.6 Å². The van der Waals surface area contributed by atoms with Crippen LogP contribution >= 0.6 is 0 Å². The summed E-state index contributed by atoms with van der Waals surface area (Å²) in [5, 5.41) is 2.89. The molecule has 0 saturated carbocycles. The number of sulfonamides is 1. The molecule has 2 rings (SSSR count). The standard InChI is InChI=1S/C13H13FN2O2S/c1-15-10-6-8-11(9-7-10)19(17,18)16-13-5-3-2-4-12(13)14/h2-9,15-16H,1H3. The lowest BCUT2D eigenvalue weighted by Gasteiger charge is -2.09. The van der Waals surface area contributed by atoms with Gasteiger partial charge >= 0.3 is 0 Å². The van der Waals surface area contributed by atoms with E-state index in [0.717, 1.165) is 5.69 Å². The smallest absolute Gasteiger partial charge is 0.261 e. The van der Waals surface area contributed by atoms with E-state index in [2.05, 4.69) is 10.0 Å². The molecule has 0 atom stereocenters. The van der Waals surface area contributed by atoms with E-state index in [4.69, 9.17) is 0 Å². The van der Waals surface area contributed by atoms with Crippen molar-refractivity contribution in [3.05, 3.63) is 54.3 Å². The van der Waals surface area contributed by atoms with Gasteiger partial charge in [0.1, 0.15) is 5.82 Å². The van der Waals surface area contributed by atoms with Gasteiger partial charge in [-0.1, -0.05) is 12.1 Å². The van der Waals surface area contributed by atoms with E-state index >= 15 is 0 Å². The first-order valence-corrected chi connectivity index (χ1v) is 7.06. The first-order valence-electron chi connectivity index (χ1n) is 5.58. The molecule has 0 aliphatic carbocycles. The lowest BCUT2D eigenvalue weighted by Crippen LogP contribution is -2.13. The molecule has 19 heavy (non-hydrogen) atoms. The number of nitrogens with one attached hydrogen (secondary N) is 2. The fourth-order valence-electron chi connectivity index (χ4n) is 1.55. The minimum absolute atomic E-state index is 0.0693. The average Bonchev–Trinajstić information content (AvgIpc) is 2.41. The first kappa shape index (κ1) is 13.4. The van der Waals surface area contributed by atoms with Crippen LogP contribution in [0.25, 0.3) is 0 Å². The summed E-state index contributed by atoms with van der Waals surface area (Å²) in [6, 6.07) is 11.8. The topological polar surface area (TPSA) is 58.2 Å². The Morgan fingerprint density at radius 3 is 2.21 bits per heavy atom. The van der Waals surface area contributed by atoms with Crippen molar-refractivity contribution in [1.29, 1.82) is 0 Å². The average molecular weight is 280 g/mol. The van der Waals surface area contributed by atoms with Crippen LogP contribution in [0.15, 0.2) is 53.4 Å². The fraction of sp³-hybridized carbons (Fsp3) is 0.0769. The van der Waals surface area contributed by atoms with Gasteiger partial charge in [0, 0.05) is 12.7 Å². The molecule has 4 nitrogen and oxygen atoms in total. The van der Waals surface area contributed by atoms with Crippen LogP contribution in [0.4, 0.5) is 15.8 Å². The number of rotatable bonds is 4. The van der Waals surface area contributed by atoms with Crippen molar-refractivity contribution < 1.29 is 12.8 Å². The van der Waals surface area contributed by atoms with Crippen LogP contribution in [0, 0.1) is 5.82 Å². The van der Waals surface area contributed by atoms with Crippen LogP contribution in [0.5, 0.6) is 0 Å². The van der Waals surface area contributed by atoms with Crippen molar-refractivity contribution in [2.75, 3.05) is 17.1 Å². The van der Waals surface area contributed by atoms with Crippen molar-refractivity contribution in [2.45, 2.75) is 4.90 Å². The summed E-state index contributed by atoms with van der Waals surface area (Å²) in [6.07, 6.45) is 0. The lowest BCUT2D eigenvalue weighted by molar-refractivity contribution is 0.598. The Bertz CT molecular complexity index is 669. The predicted octanol–water partition coefficient (Wildman–Crippen LogP) is 2.67. The number of para-hydroxylation sites is 1. The molecule has 0 amide bonds. The molecular weight excluding hydrogens is 267 g/mol. The van der Waals surface area contributed by atoms with E-state index in [-0.39, 0.29) is 10.6 Å². The Balaban J connectivity index is 2.30. The summed E-state index contributed by atoms with van der Waals surface area (Å²) in [5.41, 5.74) is 0.727. The van der Waals surface area contributed by atoms with Crippen LogP contribution in [-0.4, -0.2) is 15.5 Å². The third kappa shape index (κ3) is 3.03. The monoisotopic (exact) mass is 280 g/mol. The quantitative estimate of drug-likeness (QED) is 0.905. The van der Waals surface area contributed by atoms with Crippen molar-refractivity contribution in [1.82, 2.24) is 0 Å². The molecular formula is C13H13FN2O2S. The highest BCUT2D eigenvalue weighted by Gasteiger charge is 2.15. The van der Waals surface area contributed by atoms with E-state index in [1.165, 1.54) is 30.3 Å². The summed E-state index contributed by atoms with van der Waals surface area (Å²) >= 11 is 0. The molecule has 0 unspecified atom stereocenters. The van der Waals surface area contributed by atoms with Gasteiger partial charge in [0.25, 0.3) is 10.0 Å². The molecule has 0 saturated heterocycles. The van der Waals surface area contributed by atoms with Crippen molar-refractivity contribution in [2.24, 2.45) is 0 Å². The van der Waals surface area contributed by atoms with E-state index in [1.807, 2.05) is 0 Å². The zero-order valence-corrected chi connectivity index (χ0v) is 11.0. The maximum Gasteiger partial charge on any atom is 0.261 e. The molecule has 2 aromatic carbocycles. The summed E-state index contributed by atoms with van der Waals surface area (Å²) in [7, 11) is -2.04. The van der Waals surface area contributed by atoms with Gasteiger partial charge in [0.15, 0.2) is 0 Å². The van der Waals surface area contributed by atoms with Crippen LogP contribution in [0.3, 0.4) is 0 Å². The van der Waals surface area contributed by atoms with Crippen LogP contribution in [0.1, 0.15) is 0 Å². The molecule has 0 aliphatic heterocycles. The Hall–Kier alpha value is -2.08. The van der Waals surface area contributed by atoms with E-state index in [1.54, 1.807) is 25.2 Å². The van der Waals surface area contributed by atoms with Crippen molar-refractivity contribution in [3.8, 4) is 0 Å². The molecule has 0 aliphatic rings. The summed E-state index contributed by atoms with van der Waals surface area (Å²) < 4.78 is 39.7. The molecule has 2 aromatic rings. The number of hydrogen-bond donors (Lipinski definition) is 2. The highest BCUT2D eigenvalue weighted by Crippen LogP contribution is 2.19. The van der Waals surface area contributed by atoms with Gasteiger partial charge in [0.2, 0.25) is 0 Å². The lowest BCUT2D eigenvalue weighted by atomic mass is 10.3. The van der Waals surface area contributed by atoms with E-state index in [9.17, 15) is 12.8 Å². The van der Waals surface area contributed by atoms with Crippen LogP contribution in [0.2, 0.25) is 0 Å². The van der Waals surface area contributed by atoms with Crippen LogP contribution < -0.4 is 10.0 Å². The highest BCUT2D eigenvalue weighted by molar-refractivity contribution is 7.92. The molecule has 0 bridgehead atoms. The third-order valence-corrected chi connectivity index (χ3v) is 3.95. The predicted molar refractivity (Wildman–Crippen MR) is 73.2 cm³/mol. The Morgan fingerprint density at radius 1 is 1.00 bits per heavy atom. The van der Waals surface area contributed by atoms with E-state index in [0.29, 0.717) is 0 Å². The van der Waals surface area contributed by atoms with Crippen molar-refractivity contribution >= 4 is 21.4 Å². The van der Waals surface area contributed by atoms with Gasteiger partial charge in [-0.15, -0.1) is 0 Å². The minimum Gasteiger partial charge on any atom is -0.388 e. The number of hydrogen-bond acceptors (Lipinski definition) is 3. The molecule has 0 aromatic heterocycles. The van der Waals surface area contributed by atoms with Gasteiger partial charge in [-0.3, -0.25) is 4.72 Å². The second kappa shape index (κ2) is 5.27. The summed E-state index contributed by atoms with van der Waals surface area (Å²) in [6.45, 7) is 0. The maximum absolute atomic E-state index is 13.4. The van der Waals surface area contributed by atoms with Gasteiger partial charge in [-0.25, -0.2) is 12.8 Å². The molecule has 6 heteroatoms. The Labute approximate surface area is 111 Å². The molecule has 0 fully saturated rings. The van der Waals surface area contributed by atoms with Gasteiger partial charge < -0.3 is 5.32 Å². The summed E-state index contributed by atoms with van der Waals surface area (Å²) in [4.78, 5) is 0.0785. The third-order valence-electron chi connectivity index (χ3n) is 2.57. The highest BCUT2D eigenvalue weighted by atomic mass is 32.2. The molecule has 0 heterocycles. The Kier molecular flexibility index (Phi) is 3.71. The maximum atomic E-state index is 13.4. The molecule has 2 N–H and O–H groups in total. The molecule has 0 spiro atoms. The second-order valence-corrected chi connectivity index (χ2v) is 5.54. The second-order valence-electron chi connectivity index (χ2n) is 3.86.